The van der Waals surface area contributed by atoms with Gasteiger partial charge in [0.05, 0.1) is 18.0 Å². The summed E-state index contributed by atoms with van der Waals surface area (Å²) < 4.78 is 10.5. The third-order valence-electron chi connectivity index (χ3n) is 3.24. The van der Waals surface area contributed by atoms with E-state index in [0.717, 1.165) is 0 Å². The fourth-order valence-corrected chi connectivity index (χ4v) is 2.29. The first-order chi connectivity index (χ1) is 13.2. The van der Waals surface area contributed by atoms with Crippen LogP contribution in [0.15, 0.2) is 36.4 Å². The molecule has 1 fully saturated rings. The predicted octanol–water partition coefficient (Wildman–Crippen LogP) is 3.14. The molecule has 7 N–H and O–H groups in total. The van der Waals surface area contributed by atoms with E-state index in [1.807, 2.05) is 0 Å². The predicted molar refractivity (Wildman–Crippen MR) is 106 cm³/mol. The summed E-state index contributed by atoms with van der Waals surface area (Å²) in [5, 5.41) is 14.7. The van der Waals surface area contributed by atoms with Gasteiger partial charge in [-0.25, -0.2) is 9.59 Å². The Balaban J connectivity index is 0.000000209. The molecule has 0 bridgehead atoms. The van der Waals surface area contributed by atoms with Gasteiger partial charge < -0.3 is 36.7 Å². The van der Waals surface area contributed by atoms with Crippen molar-refractivity contribution in [3.63, 3.8) is 0 Å². The standard InChI is InChI=1S/C10H11ClN2O3.C7H7ClN2O2/c11-6-1-2-9(16-5-7-4-15-7)8(3-6)13-10(12)14;8-4-1-2-6(11)5(3-4)10-7(9)12/h1-3,7H,4-5H2,(H3,12,13,14);1-3,11H,(H3,9,10,12). The normalized spacial score (nSPS) is 14.3. The highest BCUT2D eigenvalue weighted by atomic mass is 35.5. The number of carbonyl (C=O) groups excluding carboxylic acids is 2. The lowest BCUT2D eigenvalue weighted by molar-refractivity contribution is 0.257. The van der Waals surface area contributed by atoms with Gasteiger partial charge in [-0.3, -0.25) is 0 Å². The molecule has 150 valence electrons. The Morgan fingerprint density at radius 1 is 1.07 bits per heavy atom. The van der Waals surface area contributed by atoms with Gasteiger partial charge in [-0.2, -0.15) is 0 Å². The number of phenols is 1. The lowest BCUT2D eigenvalue weighted by atomic mass is 10.3. The molecular weight excluding hydrogens is 411 g/mol. The lowest BCUT2D eigenvalue weighted by Crippen LogP contribution is -2.20. The Morgan fingerprint density at radius 3 is 2.18 bits per heavy atom. The maximum absolute atomic E-state index is 10.8. The second-order valence-electron chi connectivity index (χ2n) is 5.55. The van der Waals surface area contributed by atoms with Crippen LogP contribution in [0.2, 0.25) is 10.0 Å². The number of carbonyl (C=O) groups is 2. The number of hydrogen-bond acceptors (Lipinski definition) is 5. The van der Waals surface area contributed by atoms with Crippen LogP contribution in [0.4, 0.5) is 21.0 Å². The maximum Gasteiger partial charge on any atom is 0.316 e. The zero-order valence-electron chi connectivity index (χ0n) is 14.4. The van der Waals surface area contributed by atoms with E-state index < -0.39 is 12.1 Å². The van der Waals surface area contributed by atoms with Crippen molar-refractivity contribution in [2.75, 3.05) is 23.8 Å². The van der Waals surface area contributed by atoms with Gasteiger partial charge in [0.25, 0.3) is 0 Å². The summed E-state index contributed by atoms with van der Waals surface area (Å²) in [5.74, 6) is 0.455. The summed E-state index contributed by atoms with van der Waals surface area (Å²) >= 11 is 11.4. The van der Waals surface area contributed by atoms with Gasteiger partial charge in [0, 0.05) is 10.0 Å². The van der Waals surface area contributed by atoms with Crippen LogP contribution < -0.4 is 26.8 Å². The number of benzene rings is 2. The molecular formula is C17H18Cl2N4O5. The molecule has 2 aromatic carbocycles. The van der Waals surface area contributed by atoms with Crippen LogP contribution in [-0.2, 0) is 4.74 Å². The molecule has 4 amide bonds. The largest absolute Gasteiger partial charge is 0.506 e. The van der Waals surface area contributed by atoms with Gasteiger partial charge in [-0.15, -0.1) is 0 Å². The Kier molecular flexibility index (Phi) is 7.56. The maximum atomic E-state index is 10.8. The highest BCUT2D eigenvalue weighted by Crippen LogP contribution is 2.29. The molecule has 9 nitrogen and oxygen atoms in total. The fraction of sp³-hybridized carbons (Fsp3) is 0.176. The molecule has 1 unspecified atom stereocenters. The van der Waals surface area contributed by atoms with E-state index in [2.05, 4.69) is 10.6 Å². The third kappa shape index (κ3) is 7.39. The quantitative estimate of drug-likeness (QED) is 0.365. The number of halogens is 2. The number of aromatic hydroxyl groups is 1. The van der Waals surface area contributed by atoms with Gasteiger partial charge in [0.2, 0.25) is 0 Å². The molecule has 28 heavy (non-hydrogen) atoms. The molecule has 11 heteroatoms. The molecule has 0 radical (unpaired) electrons. The number of anilines is 2. The first-order valence-electron chi connectivity index (χ1n) is 7.90. The number of primary amides is 2. The molecule has 0 spiro atoms. The molecule has 0 aliphatic carbocycles. The summed E-state index contributed by atoms with van der Waals surface area (Å²) in [7, 11) is 0. The third-order valence-corrected chi connectivity index (χ3v) is 3.71. The van der Waals surface area contributed by atoms with E-state index >= 15 is 0 Å². The van der Waals surface area contributed by atoms with Crippen LogP contribution >= 0.6 is 23.2 Å². The van der Waals surface area contributed by atoms with Crippen LogP contribution in [0.1, 0.15) is 0 Å². The van der Waals surface area contributed by atoms with Crippen molar-refractivity contribution in [2.45, 2.75) is 6.10 Å². The molecule has 2 aromatic rings. The Bertz CT molecular complexity index is 861. The van der Waals surface area contributed by atoms with Crippen LogP contribution in [0.25, 0.3) is 0 Å². The highest BCUT2D eigenvalue weighted by Gasteiger charge is 2.23. The van der Waals surface area contributed by atoms with Crippen molar-refractivity contribution in [3.05, 3.63) is 46.4 Å². The van der Waals surface area contributed by atoms with Gasteiger partial charge >= 0.3 is 12.1 Å². The van der Waals surface area contributed by atoms with Crippen LogP contribution in [-0.4, -0.2) is 36.5 Å². The van der Waals surface area contributed by atoms with Crippen LogP contribution in [0.3, 0.4) is 0 Å². The number of nitrogens with two attached hydrogens (primary N) is 2. The fourth-order valence-electron chi connectivity index (χ4n) is 1.95. The number of phenolic OH excluding ortho intramolecular Hbond substituents is 1. The summed E-state index contributed by atoms with van der Waals surface area (Å²) in [6.07, 6.45) is 0.150. The topological polar surface area (TPSA) is 152 Å². The van der Waals surface area contributed by atoms with E-state index in [0.29, 0.717) is 34.7 Å². The monoisotopic (exact) mass is 428 g/mol. The second-order valence-corrected chi connectivity index (χ2v) is 6.42. The van der Waals surface area contributed by atoms with Crippen molar-refractivity contribution < 1.29 is 24.2 Å². The lowest BCUT2D eigenvalue weighted by Gasteiger charge is -2.10. The van der Waals surface area contributed by atoms with E-state index in [4.69, 9.17) is 49.2 Å². The summed E-state index contributed by atoms with van der Waals surface area (Å²) in [6.45, 7) is 1.17. The van der Waals surface area contributed by atoms with Crippen LogP contribution in [0, 0.1) is 0 Å². The first kappa shape index (κ1) is 21.4. The molecule has 3 rings (SSSR count). The number of hydrogen-bond donors (Lipinski definition) is 5. The molecule has 0 saturated carbocycles. The number of ether oxygens (including phenoxy) is 2. The molecule has 1 aliphatic rings. The molecule has 1 atom stereocenters. The van der Waals surface area contributed by atoms with E-state index in [9.17, 15) is 9.59 Å². The summed E-state index contributed by atoms with van der Waals surface area (Å²) in [5.41, 5.74) is 10.5. The SMILES string of the molecule is NC(=O)Nc1cc(Cl)ccc1O.NC(=O)Nc1cc(Cl)ccc1OCC1CO1. The van der Waals surface area contributed by atoms with Crippen molar-refractivity contribution in [1.29, 1.82) is 0 Å². The Hall–Kier alpha value is -2.88. The molecule has 1 heterocycles. The minimum absolute atomic E-state index is 0.0711. The minimum atomic E-state index is -0.743. The number of urea groups is 2. The zero-order chi connectivity index (χ0) is 20.7. The van der Waals surface area contributed by atoms with Gasteiger partial charge in [0.1, 0.15) is 24.2 Å². The second kappa shape index (κ2) is 9.88. The van der Waals surface area contributed by atoms with Crippen LogP contribution in [0.5, 0.6) is 11.5 Å². The van der Waals surface area contributed by atoms with E-state index in [1.165, 1.54) is 18.2 Å². The summed E-state index contributed by atoms with van der Waals surface area (Å²) in [6, 6.07) is 7.81. The molecule has 1 saturated heterocycles. The minimum Gasteiger partial charge on any atom is -0.506 e. The van der Waals surface area contributed by atoms with Crippen molar-refractivity contribution in [3.8, 4) is 11.5 Å². The van der Waals surface area contributed by atoms with Crippen molar-refractivity contribution in [1.82, 2.24) is 0 Å². The van der Waals surface area contributed by atoms with Gasteiger partial charge in [-0.1, -0.05) is 23.2 Å². The van der Waals surface area contributed by atoms with E-state index in [1.54, 1.807) is 18.2 Å². The molecule has 0 aromatic heterocycles. The number of amides is 4. The summed E-state index contributed by atoms with van der Waals surface area (Å²) in [4.78, 5) is 21.2. The average Bonchev–Trinajstić information content (AvgIpc) is 3.41. The zero-order valence-corrected chi connectivity index (χ0v) is 16.0. The highest BCUT2D eigenvalue weighted by molar-refractivity contribution is 6.31. The average molecular weight is 429 g/mol. The van der Waals surface area contributed by atoms with Crippen molar-refractivity contribution in [2.24, 2.45) is 11.5 Å². The Morgan fingerprint density at radius 2 is 1.61 bits per heavy atom. The Labute approximate surface area is 170 Å². The number of nitrogens with one attached hydrogen (secondary N) is 2. The van der Waals surface area contributed by atoms with E-state index in [-0.39, 0.29) is 17.5 Å². The van der Waals surface area contributed by atoms with Gasteiger partial charge in [-0.05, 0) is 36.4 Å². The molecule has 1 aliphatic heterocycles. The first-order valence-corrected chi connectivity index (χ1v) is 8.65. The van der Waals surface area contributed by atoms with Crippen molar-refractivity contribution >= 4 is 46.6 Å². The number of epoxide rings is 1. The number of rotatable bonds is 5. The van der Waals surface area contributed by atoms with Gasteiger partial charge in [0.15, 0.2) is 0 Å². The smallest absolute Gasteiger partial charge is 0.316 e.